The molecular formula is C12H18NO3P. The van der Waals surface area contributed by atoms with Crippen molar-refractivity contribution in [3.05, 3.63) is 30.3 Å². The maximum absolute atomic E-state index is 12.6. The third kappa shape index (κ3) is 3.09. The summed E-state index contributed by atoms with van der Waals surface area (Å²) in [5, 5.41) is 0. The van der Waals surface area contributed by atoms with Crippen molar-refractivity contribution in [2.75, 3.05) is 20.2 Å². The summed E-state index contributed by atoms with van der Waals surface area (Å²) in [5.41, 5.74) is 0. The molecule has 1 aromatic carbocycles. The van der Waals surface area contributed by atoms with Crippen LogP contribution in [0.25, 0.3) is 0 Å². The molecule has 5 heteroatoms. The maximum atomic E-state index is 12.6. The molecule has 4 nitrogen and oxygen atoms in total. The Kier molecular flexibility index (Phi) is 4.21. The average molecular weight is 255 g/mol. The largest absolute Gasteiger partial charge is 0.461 e. The third-order valence-corrected chi connectivity index (χ3v) is 4.87. The number of para-hydroxylation sites is 1. The van der Waals surface area contributed by atoms with Gasteiger partial charge in [0.05, 0.1) is 0 Å². The number of piperidine rings is 1. The highest BCUT2D eigenvalue weighted by molar-refractivity contribution is 7.51. The molecule has 0 aromatic heterocycles. The van der Waals surface area contributed by atoms with Crippen molar-refractivity contribution < 1.29 is 13.6 Å². The second-order valence-electron chi connectivity index (χ2n) is 4.07. The fourth-order valence-electron chi connectivity index (χ4n) is 1.95. The van der Waals surface area contributed by atoms with E-state index in [1.165, 1.54) is 13.5 Å². The van der Waals surface area contributed by atoms with Crippen molar-refractivity contribution in [2.45, 2.75) is 19.3 Å². The van der Waals surface area contributed by atoms with Gasteiger partial charge in [-0.2, -0.15) is 4.67 Å². The standard InChI is InChI=1S/C12H18NO3P/c1-15-17(14,13-10-6-3-7-11-13)16-12-8-4-2-5-9-12/h2,4-5,8-9H,3,6-7,10-11H2,1H3. The molecule has 1 heterocycles. The molecule has 0 amide bonds. The number of nitrogens with zero attached hydrogens (tertiary/aromatic N) is 1. The molecular weight excluding hydrogens is 237 g/mol. The lowest BCUT2D eigenvalue weighted by Crippen LogP contribution is -2.29. The molecule has 1 atom stereocenters. The molecule has 0 aliphatic carbocycles. The van der Waals surface area contributed by atoms with Crippen molar-refractivity contribution in [3.8, 4) is 5.75 Å². The third-order valence-electron chi connectivity index (χ3n) is 2.87. The Labute approximate surface area is 102 Å². The van der Waals surface area contributed by atoms with Crippen LogP contribution in [0.3, 0.4) is 0 Å². The van der Waals surface area contributed by atoms with E-state index in [2.05, 4.69) is 0 Å². The topological polar surface area (TPSA) is 38.8 Å². The van der Waals surface area contributed by atoms with Gasteiger partial charge in [0.1, 0.15) is 5.75 Å². The predicted molar refractivity (Wildman–Crippen MR) is 67.1 cm³/mol. The molecule has 1 aliphatic heterocycles. The second-order valence-corrected chi connectivity index (χ2v) is 6.12. The summed E-state index contributed by atoms with van der Waals surface area (Å²) in [7, 11) is -1.72. The van der Waals surface area contributed by atoms with Gasteiger partial charge in [0, 0.05) is 20.2 Å². The zero-order chi connectivity index (χ0) is 12.1. The Balaban J connectivity index is 2.11. The van der Waals surface area contributed by atoms with Gasteiger partial charge in [0.2, 0.25) is 0 Å². The molecule has 0 saturated carbocycles. The quantitative estimate of drug-likeness (QED) is 0.774. The summed E-state index contributed by atoms with van der Waals surface area (Å²) in [5.74, 6) is 0.586. The minimum absolute atomic E-state index is 0.586. The summed E-state index contributed by atoms with van der Waals surface area (Å²) in [6.45, 7) is 1.55. The Morgan fingerprint density at radius 1 is 1.12 bits per heavy atom. The monoisotopic (exact) mass is 255 g/mol. The van der Waals surface area contributed by atoms with Crippen LogP contribution in [0, 0.1) is 0 Å². The SMILES string of the molecule is COP(=O)(Oc1ccccc1)N1CCCCC1. The van der Waals surface area contributed by atoms with Crippen LogP contribution in [0.5, 0.6) is 5.75 Å². The highest BCUT2D eigenvalue weighted by Gasteiger charge is 2.34. The van der Waals surface area contributed by atoms with Crippen molar-refractivity contribution in [1.29, 1.82) is 0 Å². The van der Waals surface area contributed by atoms with Crippen molar-refractivity contribution >= 4 is 7.75 Å². The smallest absolute Gasteiger partial charge is 0.413 e. The van der Waals surface area contributed by atoms with Gasteiger partial charge in [0.25, 0.3) is 0 Å². The lowest BCUT2D eigenvalue weighted by Gasteiger charge is -2.31. The molecule has 0 spiro atoms. The Morgan fingerprint density at radius 3 is 2.35 bits per heavy atom. The average Bonchev–Trinajstić information content (AvgIpc) is 2.41. The van der Waals surface area contributed by atoms with Crippen LogP contribution in [-0.4, -0.2) is 24.9 Å². The van der Waals surface area contributed by atoms with E-state index in [4.69, 9.17) is 9.05 Å². The van der Waals surface area contributed by atoms with E-state index in [1.807, 2.05) is 22.9 Å². The normalized spacial score (nSPS) is 20.8. The van der Waals surface area contributed by atoms with Gasteiger partial charge in [0.15, 0.2) is 0 Å². The summed E-state index contributed by atoms with van der Waals surface area (Å²) in [6, 6.07) is 9.17. The van der Waals surface area contributed by atoms with E-state index >= 15 is 0 Å². The fourth-order valence-corrected chi connectivity index (χ4v) is 3.53. The van der Waals surface area contributed by atoms with E-state index in [0.717, 1.165) is 25.9 Å². The molecule has 94 valence electrons. The van der Waals surface area contributed by atoms with E-state index in [9.17, 15) is 4.57 Å². The van der Waals surface area contributed by atoms with Gasteiger partial charge in [-0.3, -0.25) is 4.52 Å². The maximum Gasteiger partial charge on any atom is 0.461 e. The molecule has 0 radical (unpaired) electrons. The Morgan fingerprint density at radius 2 is 1.76 bits per heavy atom. The minimum atomic E-state index is -3.16. The van der Waals surface area contributed by atoms with E-state index in [-0.39, 0.29) is 0 Å². The van der Waals surface area contributed by atoms with Gasteiger partial charge in [-0.25, -0.2) is 4.57 Å². The molecule has 17 heavy (non-hydrogen) atoms. The van der Waals surface area contributed by atoms with Gasteiger partial charge in [-0.15, -0.1) is 0 Å². The van der Waals surface area contributed by atoms with E-state index in [1.54, 1.807) is 12.1 Å². The summed E-state index contributed by atoms with van der Waals surface area (Å²) < 4.78 is 25.1. The predicted octanol–water partition coefficient (Wildman–Crippen LogP) is 3.31. The van der Waals surface area contributed by atoms with E-state index in [0.29, 0.717) is 5.75 Å². The van der Waals surface area contributed by atoms with Gasteiger partial charge in [-0.05, 0) is 25.0 Å². The summed E-state index contributed by atoms with van der Waals surface area (Å²) in [4.78, 5) is 0. The molecule has 2 rings (SSSR count). The Hall–Kier alpha value is -0.830. The van der Waals surface area contributed by atoms with Crippen molar-refractivity contribution in [1.82, 2.24) is 4.67 Å². The lowest BCUT2D eigenvalue weighted by molar-refractivity contribution is 0.223. The van der Waals surface area contributed by atoms with Crippen LogP contribution in [0.4, 0.5) is 0 Å². The molecule has 1 saturated heterocycles. The first-order valence-electron chi connectivity index (χ1n) is 5.90. The van der Waals surface area contributed by atoms with Crippen LogP contribution >= 0.6 is 7.75 Å². The van der Waals surface area contributed by atoms with Crippen LogP contribution < -0.4 is 4.52 Å². The second kappa shape index (κ2) is 5.67. The number of benzene rings is 1. The Bertz CT molecular complexity index is 390. The highest BCUT2D eigenvalue weighted by atomic mass is 31.2. The zero-order valence-electron chi connectivity index (χ0n) is 10.0. The summed E-state index contributed by atoms with van der Waals surface area (Å²) >= 11 is 0. The van der Waals surface area contributed by atoms with Crippen LogP contribution in [0.1, 0.15) is 19.3 Å². The highest BCUT2D eigenvalue weighted by Crippen LogP contribution is 2.52. The molecule has 1 unspecified atom stereocenters. The minimum Gasteiger partial charge on any atom is -0.413 e. The number of hydrogen-bond donors (Lipinski definition) is 0. The summed E-state index contributed by atoms with van der Waals surface area (Å²) in [6.07, 6.45) is 3.28. The number of rotatable bonds is 4. The first-order valence-corrected chi connectivity index (χ1v) is 7.40. The lowest BCUT2D eigenvalue weighted by atomic mass is 10.2. The molecule has 1 aromatic rings. The zero-order valence-corrected chi connectivity index (χ0v) is 10.9. The van der Waals surface area contributed by atoms with Gasteiger partial charge in [-0.1, -0.05) is 24.6 Å². The molecule has 1 aliphatic rings. The molecule has 0 N–H and O–H groups in total. The van der Waals surface area contributed by atoms with E-state index < -0.39 is 7.75 Å². The molecule has 1 fully saturated rings. The van der Waals surface area contributed by atoms with Crippen LogP contribution in [-0.2, 0) is 9.09 Å². The van der Waals surface area contributed by atoms with Gasteiger partial charge < -0.3 is 4.52 Å². The number of hydrogen-bond acceptors (Lipinski definition) is 3. The van der Waals surface area contributed by atoms with Crippen molar-refractivity contribution in [3.63, 3.8) is 0 Å². The van der Waals surface area contributed by atoms with Gasteiger partial charge >= 0.3 is 7.75 Å². The van der Waals surface area contributed by atoms with Crippen LogP contribution in [0.15, 0.2) is 30.3 Å². The first kappa shape index (κ1) is 12.6. The van der Waals surface area contributed by atoms with Crippen LogP contribution in [0.2, 0.25) is 0 Å². The fraction of sp³-hybridized carbons (Fsp3) is 0.500. The first-order chi connectivity index (χ1) is 8.24. The van der Waals surface area contributed by atoms with Crippen molar-refractivity contribution in [2.24, 2.45) is 0 Å². The molecule has 0 bridgehead atoms.